The van der Waals surface area contributed by atoms with Gasteiger partial charge in [-0.05, 0) is 7.05 Å². The average Bonchev–Trinajstić information content (AvgIpc) is 2.18. The van der Waals surface area contributed by atoms with Crippen LogP contribution in [0.15, 0.2) is 12.4 Å². The summed E-state index contributed by atoms with van der Waals surface area (Å²) < 4.78 is 0. The van der Waals surface area contributed by atoms with E-state index in [0.717, 1.165) is 0 Å². The Labute approximate surface area is 93.3 Å². The van der Waals surface area contributed by atoms with E-state index in [1.807, 2.05) is 6.92 Å². The number of nitrogens with one attached hydrogen (secondary N) is 2. The van der Waals surface area contributed by atoms with E-state index in [9.17, 15) is 4.79 Å². The standard InChI is InChI=1S/C9H13ClN4O/c1-6(4-11-2)9(15)14-8-3-7(10)12-5-13-8/h3,5-6,11H,4H2,1-2H3,(H,12,13,14,15). The number of hydrogen-bond donors (Lipinski definition) is 2. The number of carbonyl (C=O) groups is 1. The number of hydrogen-bond acceptors (Lipinski definition) is 4. The smallest absolute Gasteiger partial charge is 0.229 e. The molecule has 0 bridgehead atoms. The molecule has 1 aromatic heterocycles. The second kappa shape index (κ2) is 5.63. The summed E-state index contributed by atoms with van der Waals surface area (Å²) >= 11 is 5.65. The summed E-state index contributed by atoms with van der Waals surface area (Å²) in [5, 5.41) is 5.89. The predicted octanol–water partition coefficient (Wildman–Crippen LogP) is 0.924. The first kappa shape index (κ1) is 11.9. The molecule has 0 aliphatic heterocycles. The molecule has 0 fully saturated rings. The maximum absolute atomic E-state index is 11.6. The van der Waals surface area contributed by atoms with Gasteiger partial charge in [0, 0.05) is 18.5 Å². The lowest BCUT2D eigenvalue weighted by molar-refractivity contribution is -0.119. The Morgan fingerprint density at radius 3 is 2.93 bits per heavy atom. The molecule has 1 rings (SSSR count). The Balaban J connectivity index is 2.58. The molecular weight excluding hydrogens is 216 g/mol. The molecule has 15 heavy (non-hydrogen) atoms. The third-order valence-electron chi connectivity index (χ3n) is 1.84. The normalized spacial score (nSPS) is 12.2. The van der Waals surface area contributed by atoms with Gasteiger partial charge in [0.05, 0.1) is 0 Å². The Kier molecular flexibility index (Phi) is 4.45. The van der Waals surface area contributed by atoms with E-state index >= 15 is 0 Å². The summed E-state index contributed by atoms with van der Waals surface area (Å²) in [5.41, 5.74) is 0. The molecule has 0 aromatic carbocycles. The average molecular weight is 229 g/mol. The molecule has 1 aromatic rings. The Hall–Kier alpha value is -1.20. The van der Waals surface area contributed by atoms with Gasteiger partial charge in [-0.15, -0.1) is 0 Å². The van der Waals surface area contributed by atoms with Gasteiger partial charge in [-0.3, -0.25) is 4.79 Å². The Morgan fingerprint density at radius 1 is 1.60 bits per heavy atom. The molecule has 0 aliphatic rings. The summed E-state index contributed by atoms with van der Waals surface area (Å²) in [5.74, 6) is 0.200. The molecule has 5 nitrogen and oxygen atoms in total. The second-order valence-corrected chi connectivity index (χ2v) is 3.56. The minimum atomic E-state index is -0.122. The largest absolute Gasteiger partial charge is 0.319 e. The van der Waals surface area contributed by atoms with Crippen molar-refractivity contribution >= 4 is 23.3 Å². The molecule has 1 unspecified atom stereocenters. The van der Waals surface area contributed by atoms with Crippen LogP contribution in [0.5, 0.6) is 0 Å². The lowest BCUT2D eigenvalue weighted by atomic mass is 10.1. The van der Waals surface area contributed by atoms with Crippen LogP contribution < -0.4 is 10.6 Å². The number of rotatable bonds is 4. The maximum Gasteiger partial charge on any atom is 0.229 e. The first-order valence-electron chi connectivity index (χ1n) is 4.56. The summed E-state index contributed by atoms with van der Waals surface area (Å²) in [6, 6.07) is 1.51. The van der Waals surface area contributed by atoms with E-state index in [2.05, 4.69) is 20.6 Å². The molecule has 0 saturated heterocycles. The van der Waals surface area contributed by atoms with E-state index in [1.54, 1.807) is 7.05 Å². The minimum Gasteiger partial charge on any atom is -0.319 e. The van der Waals surface area contributed by atoms with Crippen molar-refractivity contribution in [3.05, 3.63) is 17.5 Å². The summed E-state index contributed by atoms with van der Waals surface area (Å²) in [4.78, 5) is 19.2. The quantitative estimate of drug-likeness (QED) is 0.753. The molecule has 6 heteroatoms. The SMILES string of the molecule is CNCC(C)C(=O)Nc1cc(Cl)ncn1. The molecule has 2 N–H and O–H groups in total. The van der Waals surface area contributed by atoms with Crippen molar-refractivity contribution in [3.63, 3.8) is 0 Å². The van der Waals surface area contributed by atoms with Crippen LogP contribution in [0.2, 0.25) is 5.15 Å². The highest BCUT2D eigenvalue weighted by atomic mass is 35.5. The van der Waals surface area contributed by atoms with Crippen molar-refractivity contribution in [2.75, 3.05) is 18.9 Å². The van der Waals surface area contributed by atoms with Crippen LogP contribution in [-0.2, 0) is 4.79 Å². The van der Waals surface area contributed by atoms with Crippen LogP contribution in [0.1, 0.15) is 6.92 Å². The minimum absolute atomic E-state index is 0.0980. The number of carbonyl (C=O) groups excluding carboxylic acids is 1. The highest BCUT2D eigenvalue weighted by Gasteiger charge is 2.12. The zero-order valence-corrected chi connectivity index (χ0v) is 9.38. The Bertz CT molecular complexity index is 345. The van der Waals surface area contributed by atoms with Gasteiger partial charge in [-0.1, -0.05) is 18.5 Å². The molecular formula is C9H13ClN4O. The van der Waals surface area contributed by atoms with Crippen LogP contribution in [0.25, 0.3) is 0 Å². The Morgan fingerprint density at radius 2 is 2.33 bits per heavy atom. The van der Waals surface area contributed by atoms with Crippen molar-refractivity contribution < 1.29 is 4.79 Å². The summed E-state index contributed by atoms with van der Waals surface area (Å²) in [7, 11) is 1.80. The lowest BCUT2D eigenvalue weighted by Crippen LogP contribution is -2.28. The summed E-state index contributed by atoms with van der Waals surface area (Å²) in [6.45, 7) is 2.44. The molecule has 0 spiro atoms. The van der Waals surface area contributed by atoms with E-state index in [1.165, 1.54) is 12.4 Å². The number of aromatic nitrogens is 2. The van der Waals surface area contributed by atoms with Crippen molar-refractivity contribution in [2.45, 2.75) is 6.92 Å². The highest BCUT2D eigenvalue weighted by molar-refractivity contribution is 6.29. The fourth-order valence-corrected chi connectivity index (χ4v) is 1.20. The topological polar surface area (TPSA) is 66.9 Å². The van der Waals surface area contributed by atoms with Gasteiger partial charge < -0.3 is 10.6 Å². The molecule has 0 aliphatic carbocycles. The van der Waals surface area contributed by atoms with Gasteiger partial charge in [-0.2, -0.15) is 0 Å². The third kappa shape index (κ3) is 3.81. The van der Waals surface area contributed by atoms with E-state index < -0.39 is 0 Å². The predicted molar refractivity (Wildman–Crippen MR) is 58.8 cm³/mol. The van der Waals surface area contributed by atoms with Crippen LogP contribution in [0.4, 0.5) is 5.82 Å². The number of halogens is 1. The zero-order valence-electron chi connectivity index (χ0n) is 8.62. The van der Waals surface area contributed by atoms with Crippen molar-refractivity contribution in [1.82, 2.24) is 15.3 Å². The van der Waals surface area contributed by atoms with Gasteiger partial charge >= 0.3 is 0 Å². The molecule has 1 heterocycles. The molecule has 0 saturated carbocycles. The highest BCUT2D eigenvalue weighted by Crippen LogP contribution is 2.09. The third-order valence-corrected chi connectivity index (χ3v) is 2.05. The monoisotopic (exact) mass is 228 g/mol. The van der Waals surface area contributed by atoms with Crippen molar-refractivity contribution in [1.29, 1.82) is 0 Å². The van der Waals surface area contributed by atoms with Gasteiger partial charge in [0.1, 0.15) is 17.3 Å². The maximum atomic E-state index is 11.6. The van der Waals surface area contributed by atoms with Gasteiger partial charge in [0.15, 0.2) is 0 Å². The number of anilines is 1. The molecule has 0 radical (unpaired) electrons. The summed E-state index contributed by atoms with van der Waals surface area (Å²) in [6.07, 6.45) is 1.31. The fourth-order valence-electron chi connectivity index (χ4n) is 1.05. The lowest BCUT2D eigenvalue weighted by Gasteiger charge is -2.10. The van der Waals surface area contributed by atoms with E-state index in [0.29, 0.717) is 17.5 Å². The molecule has 1 amide bonds. The second-order valence-electron chi connectivity index (χ2n) is 3.17. The number of amides is 1. The van der Waals surface area contributed by atoms with Crippen LogP contribution in [-0.4, -0.2) is 29.5 Å². The van der Waals surface area contributed by atoms with E-state index in [4.69, 9.17) is 11.6 Å². The zero-order chi connectivity index (χ0) is 11.3. The first-order valence-corrected chi connectivity index (χ1v) is 4.94. The van der Waals surface area contributed by atoms with Crippen molar-refractivity contribution in [3.8, 4) is 0 Å². The van der Waals surface area contributed by atoms with E-state index in [-0.39, 0.29) is 11.8 Å². The van der Waals surface area contributed by atoms with Crippen LogP contribution >= 0.6 is 11.6 Å². The van der Waals surface area contributed by atoms with Gasteiger partial charge in [-0.25, -0.2) is 9.97 Å². The fraction of sp³-hybridized carbons (Fsp3) is 0.444. The first-order chi connectivity index (χ1) is 7.13. The van der Waals surface area contributed by atoms with Gasteiger partial charge in [0.25, 0.3) is 0 Å². The van der Waals surface area contributed by atoms with Crippen LogP contribution in [0, 0.1) is 5.92 Å². The number of nitrogens with zero attached hydrogens (tertiary/aromatic N) is 2. The van der Waals surface area contributed by atoms with Crippen molar-refractivity contribution in [2.24, 2.45) is 5.92 Å². The van der Waals surface area contributed by atoms with Gasteiger partial charge in [0.2, 0.25) is 5.91 Å². The molecule has 1 atom stereocenters. The van der Waals surface area contributed by atoms with Crippen LogP contribution in [0.3, 0.4) is 0 Å². The molecule has 82 valence electrons.